The number of pyridine rings is 1. The van der Waals surface area contributed by atoms with Crippen LogP contribution in [0.4, 0.5) is 19.0 Å². The Morgan fingerprint density at radius 3 is 2.53 bits per heavy atom. The monoisotopic (exact) mass is 511 g/mol. The highest BCUT2D eigenvalue weighted by molar-refractivity contribution is 5.94. The number of hydrogen-bond acceptors (Lipinski definition) is 7. The van der Waals surface area contributed by atoms with Crippen molar-refractivity contribution in [2.75, 3.05) is 45.3 Å². The number of aliphatic carboxylic acids is 1. The summed E-state index contributed by atoms with van der Waals surface area (Å²) in [5, 5.41) is 7.12. The van der Waals surface area contributed by atoms with Crippen molar-refractivity contribution in [3.8, 4) is 0 Å². The number of piperidine rings is 1. The van der Waals surface area contributed by atoms with Gasteiger partial charge in [-0.15, -0.1) is 0 Å². The number of alkyl halides is 3. The molecule has 36 heavy (non-hydrogen) atoms. The van der Waals surface area contributed by atoms with Gasteiger partial charge in [0.25, 0.3) is 5.91 Å². The molecule has 0 radical (unpaired) electrons. The predicted octanol–water partition coefficient (Wildman–Crippen LogP) is 3.30. The van der Waals surface area contributed by atoms with Gasteiger partial charge in [0.05, 0.1) is 30.3 Å². The van der Waals surface area contributed by atoms with Gasteiger partial charge in [0.15, 0.2) is 5.82 Å². The van der Waals surface area contributed by atoms with Crippen LogP contribution in [-0.4, -0.2) is 83.0 Å². The van der Waals surface area contributed by atoms with Crippen LogP contribution in [0, 0.1) is 0 Å². The van der Waals surface area contributed by atoms with Gasteiger partial charge in [0, 0.05) is 52.5 Å². The molecule has 0 aromatic carbocycles. The highest BCUT2D eigenvalue weighted by atomic mass is 19.4. The number of halogens is 3. The van der Waals surface area contributed by atoms with Gasteiger partial charge in [-0.2, -0.15) is 13.2 Å². The van der Waals surface area contributed by atoms with Gasteiger partial charge in [-0.1, -0.05) is 0 Å². The van der Waals surface area contributed by atoms with E-state index >= 15 is 0 Å². The molecule has 0 bridgehead atoms. The molecule has 0 saturated carbocycles. The van der Waals surface area contributed by atoms with Crippen LogP contribution in [-0.2, 0) is 16.6 Å². The Morgan fingerprint density at radius 1 is 1.31 bits per heavy atom. The van der Waals surface area contributed by atoms with Crippen LogP contribution >= 0.6 is 0 Å². The number of aryl methyl sites for hydroxylation is 1. The first kappa shape index (κ1) is 27.0. The minimum absolute atomic E-state index is 0.0345. The van der Waals surface area contributed by atoms with E-state index in [1.165, 1.54) is 12.5 Å². The lowest BCUT2D eigenvalue weighted by atomic mass is 9.92. The largest absolute Gasteiger partial charge is 0.490 e. The predicted molar refractivity (Wildman–Crippen MR) is 124 cm³/mol. The van der Waals surface area contributed by atoms with Crippen molar-refractivity contribution in [1.29, 1.82) is 0 Å². The number of imidazole rings is 1. The van der Waals surface area contributed by atoms with E-state index in [1.54, 1.807) is 13.2 Å². The van der Waals surface area contributed by atoms with Gasteiger partial charge in [0.1, 0.15) is 11.8 Å². The number of carbonyl (C=O) groups excluding carboxylic acids is 1. The lowest BCUT2D eigenvalue weighted by Gasteiger charge is -2.32. The van der Waals surface area contributed by atoms with E-state index < -0.39 is 12.1 Å². The number of carbonyl (C=O) groups is 2. The fraction of sp³-hybridized carbons (Fsp3) is 0.478. The van der Waals surface area contributed by atoms with Crippen molar-refractivity contribution in [2.24, 2.45) is 7.05 Å². The lowest BCUT2D eigenvalue weighted by molar-refractivity contribution is -0.192. The SMILES string of the molecule is COCCN(C)c1nc(C2CCN(C(=O)c3ccoc3)CC2)cc2c1ncn2C.O=C(O)C(F)(F)F. The maximum absolute atomic E-state index is 12.6. The van der Waals surface area contributed by atoms with E-state index in [0.717, 1.165) is 41.9 Å². The molecule has 0 aliphatic carbocycles. The highest BCUT2D eigenvalue weighted by Gasteiger charge is 2.38. The first-order valence-corrected chi connectivity index (χ1v) is 11.2. The molecular weight excluding hydrogens is 483 g/mol. The third-order valence-electron chi connectivity index (χ3n) is 5.92. The van der Waals surface area contributed by atoms with Crippen LogP contribution in [0.5, 0.6) is 0 Å². The Labute approximate surface area is 205 Å². The summed E-state index contributed by atoms with van der Waals surface area (Å²) in [6.07, 6.45) is 1.57. The number of rotatable bonds is 6. The fourth-order valence-corrected chi connectivity index (χ4v) is 3.89. The maximum atomic E-state index is 12.6. The van der Waals surface area contributed by atoms with E-state index in [9.17, 15) is 18.0 Å². The zero-order chi connectivity index (χ0) is 26.5. The van der Waals surface area contributed by atoms with Crippen molar-refractivity contribution in [3.63, 3.8) is 0 Å². The minimum Gasteiger partial charge on any atom is -0.475 e. The molecule has 196 valence electrons. The number of aromatic nitrogens is 3. The second-order valence-electron chi connectivity index (χ2n) is 8.39. The standard InChI is InChI=1S/C21H27N5O3.C2HF3O2/c1-24(9-11-28-3)20-19-18(25(2)14-22-19)12-17(23-20)15-4-7-26(8-5-15)21(27)16-6-10-29-13-16;3-2(4,5)1(6)7/h6,10,12-15H,4-5,7-9,11H2,1-3H3;(H,6,7). The summed E-state index contributed by atoms with van der Waals surface area (Å²) in [6.45, 7) is 2.81. The maximum Gasteiger partial charge on any atom is 0.490 e. The quantitative estimate of drug-likeness (QED) is 0.536. The Bertz CT molecular complexity index is 1170. The van der Waals surface area contributed by atoms with Crippen molar-refractivity contribution in [2.45, 2.75) is 24.9 Å². The normalized spacial score (nSPS) is 14.4. The third-order valence-corrected chi connectivity index (χ3v) is 5.92. The van der Waals surface area contributed by atoms with Gasteiger partial charge < -0.3 is 28.6 Å². The van der Waals surface area contributed by atoms with E-state index in [1.807, 2.05) is 29.9 Å². The van der Waals surface area contributed by atoms with Crippen LogP contribution in [0.2, 0.25) is 0 Å². The van der Waals surface area contributed by atoms with Crippen molar-refractivity contribution in [1.82, 2.24) is 19.4 Å². The van der Waals surface area contributed by atoms with Crippen LogP contribution < -0.4 is 4.90 Å². The summed E-state index contributed by atoms with van der Waals surface area (Å²) >= 11 is 0. The molecule has 4 rings (SSSR count). The minimum atomic E-state index is -5.08. The molecule has 10 nitrogen and oxygen atoms in total. The smallest absolute Gasteiger partial charge is 0.475 e. The molecule has 3 aromatic rings. The number of carboxylic acids is 1. The number of nitrogens with zero attached hydrogens (tertiary/aromatic N) is 5. The van der Waals surface area contributed by atoms with Crippen LogP contribution in [0.15, 0.2) is 35.4 Å². The number of hydrogen-bond donors (Lipinski definition) is 1. The highest BCUT2D eigenvalue weighted by Crippen LogP contribution is 2.32. The number of ether oxygens (including phenoxy) is 1. The molecule has 0 spiro atoms. The molecule has 4 heterocycles. The second kappa shape index (κ2) is 11.4. The van der Waals surface area contributed by atoms with E-state index in [4.69, 9.17) is 24.0 Å². The number of fused-ring (bicyclic) bond motifs is 1. The van der Waals surface area contributed by atoms with E-state index in [-0.39, 0.29) is 5.91 Å². The number of likely N-dealkylation sites (N-methyl/N-ethyl adjacent to an activating group) is 1. The van der Waals surface area contributed by atoms with Gasteiger partial charge in [-0.3, -0.25) is 4.79 Å². The topological polar surface area (TPSA) is 114 Å². The first-order valence-electron chi connectivity index (χ1n) is 11.2. The van der Waals surface area contributed by atoms with Gasteiger partial charge in [-0.05, 0) is 25.0 Å². The molecule has 3 aromatic heterocycles. The molecule has 0 unspecified atom stereocenters. The molecule has 1 aliphatic rings. The summed E-state index contributed by atoms with van der Waals surface area (Å²) in [5.41, 5.74) is 3.66. The Kier molecular flexibility index (Phi) is 8.56. The number of anilines is 1. The summed E-state index contributed by atoms with van der Waals surface area (Å²) < 4.78 is 44.0. The first-order chi connectivity index (χ1) is 17.0. The summed E-state index contributed by atoms with van der Waals surface area (Å²) in [5.74, 6) is -1.52. The molecule has 0 atom stereocenters. The Balaban J connectivity index is 0.000000454. The number of amides is 1. The van der Waals surface area contributed by atoms with E-state index in [2.05, 4.69) is 16.0 Å². The average Bonchev–Trinajstić information content (AvgIpc) is 3.52. The molecular formula is C23H28F3N5O5. The molecule has 1 N–H and O–H groups in total. The van der Waals surface area contributed by atoms with Crippen LogP contribution in [0.3, 0.4) is 0 Å². The fourth-order valence-electron chi connectivity index (χ4n) is 3.89. The Morgan fingerprint density at radius 2 is 1.97 bits per heavy atom. The van der Waals surface area contributed by atoms with Crippen molar-refractivity contribution < 1.29 is 37.0 Å². The summed E-state index contributed by atoms with van der Waals surface area (Å²) in [6, 6.07) is 3.86. The van der Waals surface area contributed by atoms with Gasteiger partial charge in [0.2, 0.25) is 0 Å². The van der Waals surface area contributed by atoms with Crippen molar-refractivity contribution >= 4 is 28.7 Å². The number of methoxy groups -OCH3 is 1. The zero-order valence-electron chi connectivity index (χ0n) is 20.2. The van der Waals surface area contributed by atoms with E-state index in [0.29, 0.717) is 31.2 Å². The summed E-state index contributed by atoms with van der Waals surface area (Å²) in [7, 11) is 5.72. The molecule has 1 aliphatic heterocycles. The van der Waals surface area contributed by atoms with Crippen LogP contribution in [0.25, 0.3) is 11.0 Å². The third kappa shape index (κ3) is 6.33. The van der Waals surface area contributed by atoms with Crippen molar-refractivity contribution in [3.05, 3.63) is 42.2 Å². The zero-order valence-corrected chi connectivity index (χ0v) is 20.2. The van der Waals surface area contributed by atoms with Gasteiger partial charge >= 0.3 is 12.1 Å². The number of likely N-dealkylation sites (tertiary alicyclic amines) is 1. The average molecular weight is 512 g/mol. The molecule has 13 heteroatoms. The Hall–Kier alpha value is -3.61. The number of carboxylic acid groups (broad SMARTS) is 1. The van der Waals surface area contributed by atoms with Gasteiger partial charge in [-0.25, -0.2) is 14.8 Å². The second-order valence-corrected chi connectivity index (χ2v) is 8.39. The molecule has 1 amide bonds. The lowest BCUT2D eigenvalue weighted by Crippen LogP contribution is -2.38. The number of furan rings is 1. The van der Waals surface area contributed by atoms with Crippen LogP contribution in [0.1, 0.15) is 34.8 Å². The molecule has 1 fully saturated rings. The molecule has 1 saturated heterocycles. The summed E-state index contributed by atoms with van der Waals surface area (Å²) in [4.78, 5) is 35.0.